The molecule has 0 saturated heterocycles. The molecule has 0 aromatic heterocycles. The van der Waals surface area contributed by atoms with E-state index in [9.17, 15) is 0 Å². The number of guanidine groups is 3. The molecule has 0 amide bonds. The molecule has 0 fully saturated rings. The molecule has 0 unspecified atom stereocenters. The van der Waals surface area contributed by atoms with Crippen LogP contribution in [0.15, 0.2) is 279 Å². The van der Waals surface area contributed by atoms with Crippen molar-refractivity contribution >= 4 is 104 Å². The zero-order valence-electron chi connectivity index (χ0n) is 40.7. The average molecular weight is 1080 g/mol. The molecule has 354 valence electrons. The van der Waals surface area contributed by atoms with Crippen LogP contribution in [0, 0.1) is 0 Å². The number of anilines is 3. The Kier molecular flexibility index (Phi) is 10.6. The monoisotopic (exact) mass is 1090 g/mol. The minimum absolute atomic E-state index is 0.0877. The van der Waals surface area contributed by atoms with E-state index in [0.29, 0.717) is 35.4 Å². The van der Waals surface area contributed by atoms with Crippen molar-refractivity contribution in [1.29, 1.82) is 0 Å². The predicted octanol–water partition coefficient (Wildman–Crippen LogP) is 10.7. The third-order valence-electron chi connectivity index (χ3n) is 14.6. The Bertz CT molecular complexity index is 4140. The molecule has 0 N–H and O–H groups in total. The van der Waals surface area contributed by atoms with Crippen molar-refractivity contribution in [3.8, 4) is 44.5 Å². The number of hydrogen-bond donors (Lipinski definition) is 0. The number of fused-ring (bicyclic) bond motifs is 4. The second-order valence-corrected chi connectivity index (χ2v) is 22.2. The Morgan fingerprint density at radius 1 is 0.276 bits per heavy atom. The summed E-state index contributed by atoms with van der Waals surface area (Å²) in [5, 5.41) is 0. The van der Waals surface area contributed by atoms with Gasteiger partial charge in [-0.25, -0.2) is 0 Å². The summed E-state index contributed by atoms with van der Waals surface area (Å²) in [5.41, 5.74) is 19.5. The normalized spacial score (nSPS) is 14.7. The maximum absolute atomic E-state index is 5.24. The van der Waals surface area contributed by atoms with Crippen molar-refractivity contribution in [1.82, 2.24) is 4.90 Å². The van der Waals surface area contributed by atoms with Crippen molar-refractivity contribution in [2.75, 3.05) is 4.90 Å². The van der Waals surface area contributed by atoms with Gasteiger partial charge in [0.05, 0.1) is 0 Å². The predicted molar refractivity (Wildman–Crippen MR) is 316 cm³/mol. The Hall–Kier alpha value is -9.33. The molecule has 10 heteroatoms. The summed E-state index contributed by atoms with van der Waals surface area (Å²) < 4.78 is 2.82. The Morgan fingerprint density at radius 3 is 1.28 bits per heavy atom. The van der Waals surface area contributed by atoms with E-state index in [1.807, 2.05) is 60.7 Å². The van der Waals surface area contributed by atoms with Crippen LogP contribution in [0.4, 0.5) is 17.1 Å². The van der Waals surface area contributed by atoms with Crippen LogP contribution in [-0.2, 0) is 0 Å². The van der Waals surface area contributed by atoms with Gasteiger partial charge in [0.2, 0.25) is 0 Å². The fourth-order valence-corrected chi connectivity index (χ4v) is 14.3. The zero-order valence-corrected chi connectivity index (χ0v) is 43.1. The van der Waals surface area contributed by atoms with Crippen LogP contribution in [0.1, 0.15) is 16.7 Å². The first kappa shape index (κ1) is 44.2. The summed E-state index contributed by atoms with van der Waals surface area (Å²) in [6, 6.07) is 89.0. The maximum atomic E-state index is 5.24. The molecule has 0 radical (unpaired) electrons. The SMILES string of the molecule is c1ccc(C2=NC3=NC(c4ccccc4)=NC4=NC(c5ccc6c(c5)B5c7cc(-c8ccccc8)ccc7N(c7ccc(-c8ccccc8)cc7)c7cc(-c8cccc(-c9ccccc9)c8)cc(c75)[Te]6)=NC(=N2)N34)cc1. The molecule has 0 saturated carbocycles. The van der Waals surface area contributed by atoms with Crippen LogP contribution in [0.2, 0.25) is 0 Å². The average Bonchev–Trinajstić information content (AvgIpc) is 3.64. The van der Waals surface area contributed by atoms with E-state index >= 15 is 0 Å². The van der Waals surface area contributed by atoms with Crippen molar-refractivity contribution in [3.05, 3.63) is 265 Å². The third kappa shape index (κ3) is 7.69. The number of hydrogen-bond acceptors (Lipinski definition) is 8. The van der Waals surface area contributed by atoms with Gasteiger partial charge in [0, 0.05) is 0 Å². The van der Waals surface area contributed by atoms with Gasteiger partial charge in [0.15, 0.2) is 0 Å². The van der Waals surface area contributed by atoms with Crippen molar-refractivity contribution < 1.29 is 0 Å². The second kappa shape index (κ2) is 18.3. The number of aliphatic imine (C=N–C) groups is 6. The summed E-state index contributed by atoms with van der Waals surface area (Å²) in [7, 11) is 0. The Balaban J connectivity index is 0.927. The number of rotatable bonds is 8. The molecular formula is C66H41BN8Te. The molecule has 0 aliphatic carbocycles. The van der Waals surface area contributed by atoms with Gasteiger partial charge in [0.25, 0.3) is 0 Å². The van der Waals surface area contributed by atoms with Crippen LogP contribution in [-0.4, -0.2) is 67.9 Å². The van der Waals surface area contributed by atoms with Crippen molar-refractivity contribution in [2.45, 2.75) is 0 Å². The van der Waals surface area contributed by atoms with Gasteiger partial charge in [0.1, 0.15) is 0 Å². The van der Waals surface area contributed by atoms with E-state index in [1.54, 1.807) is 4.90 Å². The van der Waals surface area contributed by atoms with E-state index in [1.165, 1.54) is 73.8 Å². The Labute approximate surface area is 450 Å². The molecule has 0 atom stereocenters. The van der Waals surface area contributed by atoms with E-state index in [-0.39, 0.29) is 6.71 Å². The van der Waals surface area contributed by atoms with Crippen LogP contribution in [0.5, 0.6) is 0 Å². The molecule has 5 heterocycles. The standard InChI is InChI=1S/C66H41BN8Te/c1-6-17-42(18-7-1)45-29-33-53(34-30-45)74-56-35-31-50(44-21-10-3-11-22-44)38-54(56)67-55-39-51(32-36-58(55)76-59-41-52(40-57(74)60(59)67)49-28-16-27-48(37-49)43-19-8-2-9-20-43)63-72-65-70-61(46-23-12-4-13-24-46)68-64-69-62(47-25-14-5-15-26-47)71-66(73-63)75(64)65/h1-41H. The van der Waals surface area contributed by atoms with E-state index in [4.69, 9.17) is 30.0 Å². The second-order valence-electron chi connectivity index (χ2n) is 19.1. The van der Waals surface area contributed by atoms with E-state index in [0.717, 1.165) is 28.1 Å². The molecule has 0 bridgehead atoms. The van der Waals surface area contributed by atoms with Crippen LogP contribution in [0.25, 0.3) is 44.5 Å². The summed E-state index contributed by atoms with van der Waals surface area (Å²) in [4.78, 5) is 34.8. The first-order valence-corrected chi connectivity index (χ1v) is 27.7. The molecule has 15 rings (SSSR count). The molecule has 76 heavy (non-hydrogen) atoms. The molecular weight excluding hydrogens is 1040 g/mol. The minimum atomic E-state index is -0.936. The van der Waals surface area contributed by atoms with Gasteiger partial charge in [-0.3, -0.25) is 0 Å². The molecule has 10 aromatic rings. The van der Waals surface area contributed by atoms with E-state index in [2.05, 4.69) is 193 Å². The fraction of sp³-hybridized carbons (Fsp3) is 0. The van der Waals surface area contributed by atoms with Gasteiger partial charge < -0.3 is 0 Å². The molecule has 5 aliphatic rings. The zero-order chi connectivity index (χ0) is 50.1. The van der Waals surface area contributed by atoms with Gasteiger partial charge in [-0.1, -0.05) is 12.1 Å². The van der Waals surface area contributed by atoms with Crippen LogP contribution < -0.4 is 28.5 Å². The van der Waals surface area contributed by atoms with Crippen LogP contribution >= 0.6 is 0 Å². The third-order valence-corrected chi connectivity index (χ3v) is 17.9. The quantitative estimate of drug-likeness (QED) is 0.142. The number of benzene rings is 10. The van der Waals surface area contributed by atoms with Crippen LogP contribution in [0.3, 0.4) is 0 Å². The molecule has 10 aromatic carbocycles. The summed E-state index contributed by atoms with van der Waals surface area (Å²) in [6.45, 7) is -0.0877. The van der Waals surface area contributed by atoms with Crippen molar-refractivity contribution in [3.63, 3.8) is 0 Å². The summed E-state index contributed by atoms with van der Waals surface area (Å²) in [6.07, 6.45) is 0. The topological polar surface area (TPSA) is 80.6 Å². The molecule has 0 spiro atoms. The first-order chi connectivity index (χ1) is 37.6. The fourth-order valence-electron chi connectivity index (χ4n) is 10.9. The summed E-state index contributed by atoms with van der Waals surface area (Å²) in [5.74, 6) is 2.88. The van der Waals surface area contributed by atoms with Gasteiger partial charge in [-0.2, -0.15) is 0 Å². The van der Waals surface area contributed by atoms with Gasteiger partial charge in [-0.15, -0.1) is 0 Å². The number of nitrogens with zero attached hydrogens (tertiary/aromatic N) is 8. The van der Waals surface area contributed by atoms with E-state index < -0.39 is 20.9 Å². The van der Waals surface area contributed by atoms with Gasteiger partial charge >= 0.3 is 441 Å². The molecule has 8 nitrogen and oxygen atoms in total. The Morgan fingerprint density at radius 2 is 0.711 bits per heavy atom. The number of amidine groups is 3. The molecule has 5 aliphatic heterocycles. The van der Waals surface area contributed by atoms with Gasteiger partial charge in [-0.05, 0) is 0 Å². The van der Waals surface area contributed by atoms with Crippen molar-refractivity contribution in [2.24, 2.45) is 30.0 Å². The first-order valence-electron chi connectivity index (χ1n) is 25.4. The summed E-state index contributed by atoms with van der Waals surface area (Å²) >= 11 is -0.936.